The third-order valence-electron chi connectivity index (χ3n) is 1.86. The van der Waals surface area contributed by atoms with Crippen LogP contribution in [0.2, 0.25) is 0 Å². The Morgan fingerprint density at radius 3 is 2.93 bits per heavy atom. The monoisotopic (exact) mass is 199 g/mol. The van der Waals surface area contributed by atoms with Gasteiger partial charge in [0.15, 0.2) is 0 Å². The van der Waals surface area contributed by atoms with E-state index in [2.05, 4.69) is 5.10 Å². The van der Waals surface area contributed by atoms with Crippen LogP contribution in [-0.2, 0) is 7.05 Å². The van der Waals surface area contributed by atoms with Crippen molar-refractivity contribution in [3.05, 3.63) is 16.3 Å². The lowest BCUT2D eigenvalue weighted by Crippen LogP contribution is -2.11. The highest BCUT2D eigenvalue weighted by atomic mass is 16.6. The number of aromatic nitrogens is 2. The first-order chi connectivity index (χ1) is 6.54. The topological polar surface area (TPSA) is 70.2 Å². The second-order valence-electron chi connectivity index (χ2n) is 3.09. The van der Waals surface area contributed by atoms with Gasteiger partial charge in [-0.3, -0.25) is 14.8 Å². The zero-order valence-corrected chi connectivity index (χ0v) is 8.43. The third kappa shape index (κ3) is 2.21. The predicted molar refractivity (Wildman–Crippen MR) is 50.2 cm³/mol. The average molecular weight is 199 g/mol. The zero-order valence-electron chi connectivity index (χ0n) is 8.43. The van der Waals surface area contributed by atoms with E-state index in [1.807, 2.05) is 13.8 Å². The van der Waals surface area contributed by atoms with Gasteiger partial charge in [0, 0.05) is 7.05 Å². The summed E-state index contributed by atoms with van der Waals surface area (Å²) in [6, 6.07) is 0. The first kappa shape index (κ1) is 10.5. The minimum Gasteiger partial charge on any atom is -0.469 e. The molecule has 0 saturated carbocycles. The Bertz CT molecular complexity index is 335. The number of nitrogens with zero attached hydrogens (tertiary/aromatic N) is 3. The van der Waals surface area contributed by atoms with Gasteiger partial charge >= 0.3 is 11.6 Å². The summed E-state index contributed by atoms with van der Waals surface area (Å²) in [5.41, 5.74) is -0.0900. The van der Waals surface area contributed by atoms with E-state index in [0.717, 1.165) is 6.42 Å². The van der Waals surface area contributed by atoms with Crippen molar-refractivity contribution in [1.29, 1.82) is 0 Å². The van der Waals surface area contributed by atoms with Crippen molar-refractivity contribution in [2.45, 2.75) is 26.4 Å². The molecule has 0 aliphatic carbocycles. The van der Waals surface area contributed by atoms with Gasteiger partial charge in [-0.25, -0.2) is 0 Å². The number of hydrogen-bond acceptors (Lipinski definition) is 4. The van der Waals surface area contributed by atoms with Gasteiger partial charge in [0.1, 0.15) is 6.20 Å². The molecule has 6 nitrogen and oxygen atoms in total. The molecule has 0 amide bonds. The van der Waals surface area contributed by atoms with Gasteiger partial charge in [-0.1, -0.05) is 6.92 Å². The van der Waals surface area contributed by atoms with Gasteiger partial charge in [-0.2, -0.15) is 0 Å². The van der Waals surface area contributed by atoms with E-state index in [4.69, 9.17) is 4.74 Å². The molecular weight excluding hydrogens is 186 g/mol. The molecule has 1 rings (SSSR count). The van der Waals surface area contributed by atoms with Crippen LogP contribution < -0.4 is 4.74 Å². The van der Waals surface area contributed by atoms with Crippen molar-refractivity contribution in [2.75, 3.05) is 0 Å². The SMILES string of the molecule is CC[C@H](C)Oc1nn(C)cc1[N+](=O)[O-]. The van der Waals surface area contributed by atoms with Gasteiger partial charge in [0.05, 0.1) is 11.0 Å². The maximum Gasteiger partial charge on any atom is 0.350 e. The molecule has 0 unspecified atom stereocenters. The van der Waals surface area contributed by atoms with Crippen LogP contribution in [0.4, 0.5) is 5.69 Å². The maximum atomic E-state index is 10.6. The molecule has 1 aromatic rings. The summed E-state index contributed by atoms with van der Waals surface area (Å²) in [6.45, 7) is 3.79. The first-order valence-corrected chi connectivity index (χ1v) is 4.39. The Morgan fingerprint density at radius 1 is 1.79 bits per heavy atom. The second-order valence-corrected chi connectivity index (χ2v) is 3.09. The highest BCUT2D eigenvalue weighted by Crippen LogP contribution is 2.25. The van der Waals surface area contributed by atoms with E-state index >= 15 is 0 Å². The zero-order chi connectivity index (χ0) is 10.7. The molecule has 0 radical (unpaired) electrons. The Hall–Kier alpha value is -1.59. The Morgan fingerprint density at radius 2 is 2.43 bits per heavy atom. The van der Waals surface area contributed by atoms with Crippen molar-refractivity contribution < 1.29 is 9.66 Å². The van der Waals surface area contributed by atoms with E-state index in [0.29, 0.717) is 0 Å². The summed E-state index contributed by atoms with van der Waals surface area (Å²) in [5, 5.41) is 14.4. The van der Waals surface area contributed by atoms with Gasteiger partial charge in [-0.15, -0.1) is 5.10 Å². The van der Waals surface area contributed by atoms with Crippen molar-refractivity contribution >= 4 is 5.69 Å². The molecule has 0 aliphatic rings. The van der Waals surface area contributed by atoms with E-state index in [1.165, 1.54) is 10.9 Å². The molecule has 0 aliphatic heterocycles. The van der Waals surface area contributed by atoms with Crippen molar-refractivity contribution in [2.24, 2.45) is 7.05 Å². The lowest BCUT2D eigenvalue weighted by Gasteiger charge is -2.08. The Balaban J connectivity index is 2.89. The Kier molecular flexibility index (Phi) is 3.06. The maximum absolute atomic E-state index is 10.6. The fourth-order valence-electron chi connectivity index (χ4n) is 0.939. The van der Waals surface area contributed by atoms with Crippen LogP contribution in [0.5, 0.6) is 5.88 Å². The summed E-state index contributed by atoms with van der Waals surface area (Å²) >= 11 is 0. The van der Waals surface area contributed by atoms with Gasteiger partial charge in [0.2, 0.25) is 0 Å². The number of ether oxygens (including phenoxy) is 1. The number of hydrogen-bond donors (Lipinski definition) is 0. The summed E-state index contributed by atoms with van der Waals surface area (Å²) in [6.07, 6.45) is 2.05. The van der Waals surface area contributed by atoms with Gasteiger partial charge < -0.3 is 4.74 Å². The number of nitro groups is 1. The fourth-order valence-corrected chi connectivity index (χ4v) is 0.939. The smallest absolute Gasteiger partial charge is 0.350 e. The lowest BCUT2D eigenvalue weighted by atomic mass is 10.3. The van der Waals surface area contributed by atoms with Crippen LogP contribution in [0.25, 0.3) is 0 Å². The van der Waals surface area contributed by atoms with E-state index in [9.17, 15) is 10.1 Å². The highest BCUT2D eigenvalue weighted by molar-refractivity contribution is 5.38. The number of rotatable bonds is 4. The van der Waals surface area contributed by atoms with Crippen molar-refractivity contribution in [3.63, 3.8) is 0 Å². The molecule has 0 bridgehead atoms. The van der Waals surface area contributed by atoms with Crippen LogP contribution in [0, 0.1) is 10.1 Å². The lowest BCUT2D eigenvalue weighted by molar-refractivity contribution is -0.386. The van der Waals surface area contributed by atoms with Gasteiger partial charge in [-0.05, 0) is 13.3 Å². The molecule has 1 atom stereocenters. The van der Waals surface area contributed by atoms with Crippen molar-refractivity contribution in [1.82, 2.24) is 9.78 Å². The summed E-state index contributed by atoms with van der Waals surface area (Å²) in [5.74, 6) is 0.0897. The quantitative estimate of drug-likeness (QED) is 0.544. The molecule has 6 heteroatoms. The molecule has 1 aromatic heterocycles. The molecule has 0 N–H and O–H groups in total. The number of aryl methyl sites for hydroxylation is 1. The third-order valence-corrected chi connectivity index (χ3v) is 1.86. The molecule has 78 valence electrons. The molecule has 14 heavy (non-hydrogen) atoms. The molecule has 1 heterocycles. The Labute approximate surface area is 81.6 Å². The summed E-state index contributed by atoms with van der Waals surface area (Å²) in [7, 11) is 1.62. The van der Waals surface area contributed by atoms with Crippen LogP contribution in [0.15, 0.2) is 6.20 Å². The van der Waals surface area contributed by atoms with Crippen LogP contribution >= 0.6 is 0 Å². The van der Waals surface area contributed by atoms with Crippen LogP contribution in [-0.4, -0.2) is 20.8 Å². The largest absolute Gasteiger partial charge is 0.469 e. The average Bonchev–Trinajstić information content (AvgIpc) is 2.46. The first-order valence-electron chi connectivity index (χ1n) is 4.39. The molecule has 0 saturated heterocycles. The van der Waals surface area contributed by atoms with E-state index < -0.39 is 4.92 Å². The highest BCUT2D eigenvalue weighted by Gasteiger charge is 2.21. The minimum atomic E-state index is -0.495. The normalized spacial score (nSPS) is 12.5. The van der Waals surface area contributed by atoms with E-state index in [-0.39, 0.29) is 17.7 Å². The van der Waals surface area contributed by atoms with Gasteiger partial charge in [0.25, 0.3) is 0 Å². The van der Waals surface area contributed by atoms with E-state index in [1.54, 1.807) is 7.05 Å². The molecule has 0 aromatic carbocycles. The van der Waals surface area contributed by atoms with Crippen molar-refractivity contribution in [3.8, 4) is 5.88 Å². The standard InChI is InChI=1S/C8H13N3O3/c1-4-6(2)14-8-7(11(12)13)5-10(3)9-8/h5-6H,4H2,1-3H3/t6-/m0/s1. The molecule has 0 fully saturated rings. The molecule has 0 spiro atoms. The summed E-state index contributed by atoms with van der Waals surface area (Å²) in [4.78, 5) is 10.1. The molecular formula is C8H13N3O3. The summed E-state index contributed by atoms with van der Waals surface area (Å²) < 4.78 is 6.67. The predicted octanol–water partition coefficient (Wildman–Crippen LogP) is 1.51. The van der Waals surface area contributed by atoms with Crippen LogP contribution in [0.3, 0.4) is 0 Å². The second kappa shape index (κ2) is 4.08. The fraction of sp³-hybridized carbons (Fsp3) is 0.625. The van der Waals surface area contributed by atoms with Crippen LogP contribution in [0.1, 0.15) is 20.3 Å². The minimum absolute atomic E-state index is 0.0661.